The minimum atomic E-state index is -0.911. The maximum atomic E-state index is 13.2. The predicted octanol–water partition coefficient (Wildman–Crippen LogP) is 6.03. The summed E-state index contributed by atoms with van der Waals surface area (Å²) in [6.45, 7) is 18.1. The number of alkyl carbamates (subject to hydrolysis) is 1. The van der Waals surface area contributed by atoms with Crippen LogP contribution in [0, 0.1) is 30.1 Å². The Labute approximate surface area is 287 Å². The molecule has 262 valence electrons. The average Bonchev–Trinajstić information content (AvgIpc) is 3.36. The lowest BCUT2D eigenvalue weighted by atomic mass is 9.43. The van der Waals surface area contributed by atoms with Gasteiger partial charge in [0.1, 0.15) is 11.6 Å². The zero-order valence-electron chi connectivity index (χ0n) is 30.3. The van der Waals surface area contributed by atoms with E-state index in [1.54, 1.807) is 20.8 Å². The van der Waals surface area contributed by atoms with Crippen molar-refractivity contribution in [2.24, 2.45) is 23.2 Å². The van der Waals surface area contributed by atoms with Crippen LogP contribution in [0.3, 0.4) is 0 Å². The van der Waals surface area contributed by atoms with Crippen LogP contribution in [0.15, 0.2) is 60.7 Å². The van der Waals surface area contributed by atoms with E-state index in [1.165, 1.54) is 5.56 Å². The number of hydrogen-bond acceptors (Lipinski definition) is 6. The Kier molecular flexibility index (Phi) is 12.1. The second-order valence-electron chi connectivity index (χ2n) is 15.9. The fraction of sp³-hybridized carbons (Fsp3) is 0.605. The second kappa shape index (κ2) is 15.5. The molecule has 48 heavy (non-hydrogen) atoms. The van der Waals surface area contributed by atoms with Crippen LogP contribution >= 0.6 is 0 Å². The van der Waals surface area contributed by atoms with Crippen LogP contribution in [0.5, 0.6) is 0 Å². The third kappa shape index (κ3) is 9.62. The smallest absolute Gasteiger partial charge is 0.444 e. The van der Waals surface area contributed by atoms with Crippen LogP contribution in [0.2, 0.25) is 0 Å². The number of rotatable bonds is 10. The Balaban J connectivity index is 0.000000659. The third-order valence-electron chi connectivity index (χ3n) is 10.0. The van der Waals surface area contributed by atoms with E-state index in [1.807, 2.05) is 48.5 Å². The van der Waals surface area contributed by atoms with Gasteiger partial charge < -0.3 is 30.0 Å². The SMILES string of the molecule is CC(C)CC(NC(=O)CNC(=O)C(Cc1ccccc1)NC(=O)OC(C)(C)C)B1OC2CC3CC(C3(C)C)C2(C)O1.Cc1ccccc1. The number of carbonyl (C=O) groups is 3. The molecule has 3 N–H and O–H groups in total. The number of amides is 3. The first-order chi connectivity index (χ1) is 22.5. The lowest BCUT2D eigenvalue weighted by Gasteiger charge is -2.64. The molecule has 0 radical (unpaired) electrons. The van der Waals surface area contributed by atoms with Crippen molar-refractivity contribution in [2.45, 2.75) is 117 Å². The lowest BCUT2D eigenvalue weighted by molar-refractivity contribution is -0.199. The van der Waals surface area contributed by atoms with Crippen molar-refractivity contribution >= 4 is 25.0 Å². The summed E-state index contributed by atoms with van der Waals surface area (Å²) >= 11 is 0. The summed E-state index contributed by atoms with van der Waals surface area (Å²) in [6.07, 6.45) is 2.40. The van der Waals surface area contributed by atoms with Gasteiger partial charge >= 0.3 is 13.2 Å². The van der Waals surface area contributed by atoms with Gasteiger partial charge in [0.2, 0.25) is 11.8 Å². The quantitative estimate of drug-likeness (QED) is 0.268. The van der Waals surface area contributed by atoms with E-state index in [0.717, 1.165) is 18.4 Å². The molecular formula is C38H56BN3O6. The molecule has 6 atom stereocenters. The van der Waals surface area contributed by atoms with Gasteiger partial charge in [0.25, 0.3) is 0 Å². The van der Waals surface area contributed by atoms with Crippen molar-refractivity contribution in [3.63, 3.8) is 0 Å². The maximum Gasteiger partial charge on any atom is 0.481 e. The van der Waals surface area contributed by atoms with Gasteiger partial charge in [-0.25, -0.2) is 4.79 Å². The topological polar surface area (TPSA) is 115 Å². The molecule has 10 heteroatoms. The molecule has 4 aliphatic rings. The van der Waals surface area contributed by atoms with Crippen molar-refractivity contribution in [1.82, 2.24) is 16.0 Å². The van der Waals surface area contributed by atoms with Crippen molar-refractivity contribution in [2.75, 3.05) is 6.54 Å². The summed E-state index contributed by atoms with van der Waals surface area (Å²) in [4.78, 5) is 38.8. The molecule has 6 unspecified atom stereocenters. The minimum absolute atomic E-state index is 0.0215. The van der Waals surface area contributed by atoms with E-state index in [4.69, 9.17) is 14.0 Å². The molecule has 3 saturated carbocycles. The van der Waals surface area contributed by atoms with Crippen LogP contribution in [-0.4, -0.2) is 60.9 Å². The van der Waals surface area contributed by atoms with Crippen molar-refractivity contribution in [3.8, 4) is 0 Å². The van der Waals surface area contributed by atoms with Gasteiger partial charge in [-0.15, -0.1) is 0 Å². The Bertz CT molecular complexity index is 1380. The molecule has 9 nitrogen and oxygen atoms in total. The average molecular weight is 662 g/mol. The number of aryl methyl sites for hydroxylation is 1. The maximum absolute atomic E-state index is 13.2. The highest BCUT2D eigenvalue weighted by molar-refractivity contribution is 6.47. The number of benzene rings is 2. The number of hydrogen-bond donors (Lipinski definition) is 3. The molecular weight excluding hydrogens is 605 g/mol. The Hall–Kier alpha value is -3.37. The summed E-state index contributed by atoms with van der Waals surface area (Å²) in [7, 11) is -0.540. The van der Waals surface area contributed by atoms with Gasteiger partial charge in [0.15, 0.2) is 0 Å². The summed E-state index contributed by atoms with van der Waals surface area (Å²) in [5.41, 5.74) is 1.35. The molecule has 6 rings (SSSR count). The van der Waals surface area contributed by atoms with E-state index in [2.05, 4.69) is 69.6 Å². The van der Waals surface area contributed by atoms with Gasteiger partial charge in [0.05, 0.1) is 24.2 Å². The number of nitrogens with one attached hydrogen (secondary N) is 3. The number of carbonyl (C=O) groups excluding carboxylic acids is 3. The highest BCUT2D eigenvalue weighted by atomic mass is 16.7. The first-order valence-corrected chi connectivity index (χ1v) is 17.4. The Morgan fingerprint density at radius 1 is 0.958 bits per heavy atom. The van der Waals surface area contributed by atoms with Crippen LogP contribution in [0.4, 0.5) is 4.79 Å². The first kappa shape index (κ1) is 37.5. The Morgan fingerprint density at radius 2 is 1.58 bits per heavy atom. The van der Waals surface area contributed by atoms with Gasteiger partial charge in [-0.1, -0.05) is 93.9 Å². The molecule has 1 saturated heterocycles. The van der Waals surface area contributed by atoms with Gasteiger partial charge in [-0.3, -0.25) is 9.59 Å². The molecule has 2 bridgehead atoms. The fourth-order valence-electron chi connectivity index (χ4n) is 7.41. The molecule has 0 aromatic heterocycles. The molecule has 0 spiro atoms. The molecule has 2 aromatic carbocycles. The van der Waals surface area contributed by atoms with Gasteiger partial charge in [-0.05, 0) is 82.6 Å². The highest BCUT2D eigenvalue weighted by Crippen LogP contribution is 2.65. The summed E-state index contributed by atoms with van der Waals surface area (Å²) < 4.78 is 18.4. The van der Waals surface area contributed by atoms with Crippen molar-refractivity contribution in [1.29, 1.82) is 0 Å². The predicted molar refractivity (Wildman–Crippen MR) is 189 cm³/mol. The van der Waals surface area contributed by atoms with E-state index >= 15 is 0 Å². The van der Waals surface area contributed by atoms with Crippen molar-refractivity contribution < 1.29 is 28.4 Å². The number of ether oxygens (including phenoxy) is 1. The van der Waals surface area contributed by atoms with E-state index in [9.17, 15) is 14.4 Å². The third-order valence-corrected chi connectivity index (χ3v) is 10.0. The zero-order chi connectivity index (χ0) is 35.3. The molecule has 3 amide bonds. The van der Waals surface area contributed by atoms with E-state index in [0.29, 0.717) is 24.2 Å². The van der Waals surface area contributed by atoms with Crippen LogP contribution in [-0.2, 0) is 30.1 Å². The van der Waals surface area contributed by atoms with Crippen LogP contribution < -0.4 is 16.0 Å². The first-order valence-electron chi connectivity index (χ1n) is 17.4. The Morgan fingerprint density at radius 3 is 2.12 bits per heavy atom. The van der Waals surface area contributed by atoms with Crippen LogP contribution in [0.1, 0.15) is 85.8 Å². The molecule has 3 aliphatic carbocycles. The summed E-state index contributed by atoms with van der Waals surface area (Å²) in [5.74, 6) is 0.218. The van der Waals surface area contributed by atoms with Crippen LogP contribution in [0.25, 0.3) is 0 Å². The monoisotopic (exact) mass is 661 g/mol. The largest absolute Gasteiger partial charge is 0.481 e. The highest BCUT2D eigenvalue weighted by Gasteiger charge is 2.68. The lowest BCUT2D eigenvalue weighted by Crippen LogP contribution is -2.65. The standard InChI is InChI=1S/C31H48BN3O6.C7H8/c1-19(2)14-25(32-40-24-17-21-16-23(30(21,6)7)31(24,8)41-32)35-26(36)18-33-27(37)22(15-20-12-10-9-11-13-20)34-28(38)39-29(3,4)5;1-7-5-3-2-4-6-7/h9-13,19,21-25H,14-18H2,1-8H3,(H,33,37)(H,34,38)(H,35,36);2-6H,1H3. The van der Waals surface area contributed by atoms with Crippen molar-refractivity contribution in [3.05, 3.63) is 71.8 Å². The van der Waals surface area contributed by atoms with Gasteiger partial charge in [-0.2, -0.15) is 0 Å². The zero-order valence-corrected chi connectivity index (χ0v) is 30.3. The summed E-state index contributed by atoms with van der Waals surface area (Å²) in [5, 5.41) is 8.43. The molecule has 4 fully saturated rings. The fourth-order valence-corrected chi connectivity index (χ4v) is 7.41. The molecule has 1 heterocycles. The normalized spacial score (nSPS) is 25.0. The second-order valence-corrected chi connectivity index (χ2v) is 15.9. The van der Waals surface area contributed by atoms with E-state index < -0.39 is 30.8 Å². The molecule has 1 aliphatic heterocycles. The van der Waals surface area contributed by atoms with E-state index in [-0.39, 0.29) is 41.9 Å². The minimum Gasteiger partial charge on any atom is -0.444 e. The van der Waals surface area contributed by atoms with Gasteiger partial charge in [0, 0.05) is 6.42 Å². The molecule has 2 aromatic rings. The summed E-state index contributed by atoms with van der Waals surface area (Å²) in [6, 6.07) is 18.7.